The van der Waals surface area contributed by atoms with E-state index in [1.165, 1.54) is 12.1 Å². The number of aromatic amines is 1. The van der Waals surface area contributed by atoms with Crippen LogP contribution in [-0.4, -0.2) is 9.97 Å². The molecule has 2 aromatic heterocycles. The van der Waals surface area contributed by atoms with Crippen molar-refractivity contribution in [2.75, 3.05) is 0 Å². The van der Waals surface area contributed by atoms with E-state index in [2.05, 4.69) is 21.9 Å². The van der Waals surface area contributed by atoms with E-state index in [-0.39, 0.29) is 11.9 Å². The van der Waals surface area contributed by atoms with Crippen molar-refractivity contribution in [2.24, 2.45) is 0 Å². The predicted octanol–water partition coefficient (Wildman–Crippen LogP) is 5.36. The van der Waals surface area contributed by atoms with Crippen LogP contribution < -0.4 is 5.32 Å². The molecule has 3 nitrogen and oxygen atoms in total. The third-order valence-corrected chi connectivity index (χ3v) is 3.68. The summed E-state index contributed by atoms with van der Waals surface area (Å²) in [4.78, 5) is 7.66. The first-order valence-corrected chi connectivity index (χ1v) is 8.19. The first kappa shape index (κ1) is 17.7. The Morgan fingerprint density at radius 2 is 1.96 bits per heavy atom. The molecular formula is C20H24FN3. The maximum Gasteiger partial charge on any atom is 0.123 e. The summed E-state index contributed by atoms with van der Waals surface area (Å²) < 4.78 is 13.3. The van der Waals surface area contributed by atoms with E-state index in [0.717, 1.165) is 33.6 Å². The van der Waals surface area contributed by atoms with Gasteiger partial charge in [-0.25, -0.2) is 4.39 Å². The second-order valence-electron chi connectivity index (χ2n) is 5.52. The average molecular weight is 325 g/mol. The Morgan fingerprint density at radius 3 is 2.62 bits per heavy atom. The third kappa shape index (κ3) is 4.02. The van der Waals surface area contributed by atoms with Crippen LogP contribution in [0.25, 0.3) is 16.6 Å². The molecule has 0 spiro atoms. The highest BCUT2D eigenvalue weighted by Gasteiger charge is 2.10. The van der Waals surface area contributed by atoms with E-state index >= 15 is 0 Å². The van der Waals surface area contributed by atoms with Gasteiger partial charge in [-0.2, -0.15) is 0 Å². The molecule has 0 bridgehead atoms. The van der Waals surface area contributed by atoms with Gasteiger partial charge in [0.15, 0.2) is 0 Å². The van der Waals surface area contributed by atoms with Crippen molar-refractivity contribution in [3.05, 3.63) is 71.9 Å². The van der Waals surface area contributed by atoms with Gasteiger partial charge >= 0.3 is 0 Å². The number of H-pyrrole nitrogens is 1. The molecule has 2 heterocycles. The van der Waals surface area contributed by atoms with Crippen molar-refractivity contribution in [1.82, 2.24) is 15.3 Å². The van der Waals surface area contributed by atoms with Crippen molar-refractivity contribution in [3.63, 3.8) is 0 Å². The van der Waals surface area contributed by atoms with Gasteiger partial charge in [0.05, 0.1) is 23.1 Å². The minimum atomic E-state index is -0.242. The molecule has 0 aliphatic rings. The number of nitrogens with zero attached hydrogens (tertiary/aromatic N) is 1. The molecule has 24 heavy (non-hydrogen) atoms. The Bertz CT molecular complexity index is 819. The van der Waals surface area contributed by atoms with Crippen LogP contribution in [0.4, 0.5) is 4.39 Å². The number of benzene rings is 1. The fourth-order valence-electron chi connectivity index (χ4n) is 2.41. The van der Waals surface area contributed by atoms with Crippen LogP contribution in [0.2, 0.25) is 0 Å². The van der Waals surface area contributed by atoms with E-state index in [1.54, 1.807) is 6.07 Å². The minimum Gasteiger partial charge on any atom is -0.376 e. The molecule has 0 aliphatic carbocycles. The number of fused-ring (bicyclic) bond motifs is 1. The number of rotatable bonds is 4. The van der Waals surface area contributed by atoms with E-state index in [9.17, 15) is 4.39 Å². The summed E-state index contributed by atoms with van der Waals surface area (Å²) in [6, 6.07) is 10.6. The highest BCUT2D eigenvalue weighted by atomic mass is 19.1. The summed E-state index contributed by atoms with van der Waals surface area (Å²) in [5, 5.41) is 4.16. The maximum atomic E-state index is 13.3. The smallest absolute Gasteiger partial charge is 0.123 e. The highest BCUT2D eigenvalue weighted by molar-refractivity contribution is 5.84. The Hall–Kier alpha value is -2.62. The summed E-state index contributed by atoms with van der Waals surface area (Å²) in [5.74, 6) is -0.242. The molecule has 0 radical (unpaired) electrons. The monoisotopic (exact) mass is 325 g/mol. The lowest BCUT2D eigenvalue weighted by Gasteiger charge is -2.16. The zero-order valence-corrected chi connectivity index (χ0v) is 14.7. The van der Waals surface area contributed by atoms with Gasteiger partial charge in [-0.1, -0.05) is 26.5 Å². The van der Waals surface area contributed by atoms with Gasteiger partial charge in [-0.05, 0) is 49.7 Å². The van der Waals surface area contributed by atoms with Crippen molar-refractivity contribution in [1.29, 1.82) is 0 Å². The number of nitrogens with one attached hydrogen (secondary N) is 2. The fourth-order valence-corrected chi connectivity index (χ4v) is 2.41. The molecule has 2 N–H and O–H groups in total. The Balaban J connectivity index is 0.00000100. The number of aryl methyl sites for hydroxylation is 1. The molecule has 1 unspecified atom stereocenters. The van der Waals surface area contributed by atoms with E-state index in [0.29, 0.717) is 0 Å². The molecule has 3 rings (SSSR count). The molecule has 0 fully saturated rings. The summed E-state index contributed by atoms with van der Waals surface area (Å²) in [6.07, 6.45) is 1.85. The molecule has 0 amide bonds. The standard InChI is InChI=1S/C18H18FN3.C2H6/c1-11-4-6-16(20-10-11)12(2)21-13(3)18-9-14-8-15(19)5-7-17(14)22-18;1-2/h4-10,12,21-22H,3H2,1-2H3;1-2H3. The minimum absolute atomic E-state index is 0.0382. The molecule has 4 heteroatoms. The summed E-state index contributed by atoms with van der Waals surface area (Å²) >= 11 is 0. The second-order valence-corrected chi connectivity index (χ2v) is 5.52. The van der Waals surface area contributed by atoms with Gasteiger partial charge in [0.25, 0.3) is 0 Å². The van der Waals surface area contributed by atoms with Crippen LogP contribution in [0.3, 0.4) is 0 Å². The van der Waals surface area contributed by atoms with Crippen molar-refractivity contribution in [2.45, 2.75) is 33.7 Å². The van der Waals surface area contributed by atoms with Crippen LogP contribution in [0.5, 0.6) is 0 Å². The molecule has 0 saturated heterocycles. The molecule has 3 aromatic rings. The normalized spacial score (nSPS) is 11.5. The Kier molecular flexibility index (Phi) is 5.74. The zero-order chi connectivity index (χ0) is 17.7. The molecular weight excluding hydrogens is 301 g/mol. The van der Waals surface area contributed by atoms with Gasteiger partial charge in [-0.15, -0.1) is 0 Å². The van der Waals surface area contributed by atoms with Crippen molar-refractivity contribution >= 4 is 16.6 Å². The second kappa shape index (κ2) is 7.77. The van der Waals surface area contributed by atoms with Crippen LogP contribution in [0.15, 0.2) is 49.2 Å². The van der Waals surface area contributed by atoms with Crippen molar-refractivity contribution < 1.29 is 4.39 Å². The lowest BCUT2D eigenvalue weighted by Crippen LogP contribution is -2.17. The summed E-state index contributed by atoms with van der Waals surface area (Å²) in [5.41, 5.74) is 4.58. The van der Waals surface area contributed by atoms with Crippen LogP contribution >= 0.6 is 0 Å². The summed E-state index contributed by atoms with van der Waals surface area (Å²) in [6.45, 7) is 12.1. The van der Waals surface area contributed by atoms with Gasteiger partial charge < -0.3 is 10.3 Å². The zero-order valence-electron chi connectivity index (χ0n) is 14.7. The van der Waals surface area contributed by atoms with Gasteiger partial charge in [0.1, 0.15) is 5.82 Å². The first-order chi connectivity index (χ1) is 11.5. The lowest BCUT2D eigenvalue weighted by atomic mass is 10.1. The molecule has 126 valence electrons. The number of halogens is 1. The number of hydrogen-bond acceptors (Lipinski definition) is 2. The summed E-state index contributed by atoms with van der Waals surface area (Å²) in [7, 11) is 0. The third-order valence-electron chi connectivity index (χ3n) is 3.68. The van der Waals surface area contributed by atoms with Crippen LogP contribution in [-0.2, 0) is 0 Å². The first-order valence-electron chi connectivity index (χ1n) is 8.19. The highest BCUT2D eigenvalue weighted by Crippen LogP contribution is 2.21. The number of aromatic nitrogens is 2. The Labute approximate surface area is 142 Å². The quantitative estimate of drug-likeness (QED) is 0.678. The maximum absolute atomic E-state index is 13.3. The van der Waals surface area contributed by atoms with Crippen LogP contribution in [0.1, 0.15) is 43.8 Å². The number of pyridine rings is 1. The SMILES string of the molecule is C=C(NC(C)c1ccc(C)cn1)c1cc2cc(F)ccc2[nH]1.CC. The predicted molar refractivity (Wildman–Crippen MR) is 99.2 cm³/mol. The number of hydrogen-bond donors (Lipinski definition) is 2. The van der Waals surface area contributed by atoms with E-state index in [4.69, 9.17) is 0 Å². The topological polar surface area (TPSA) is 40.7 Å². The average Bonchev–Trinajstić information content (AvgIpc) is 3.00. The molecule has 1 atom stereocenters. The van der Waals surface area contributed by atoms with Gasteiger partial charge in [0.2, 0.25) is 0 Å². The Morgan fingerprint density at radius 1 is 1.21 bits per heavy atom. The van der Waals surface area contributed by atoms with Gasteiger partial charge in [-0.3, -0.25) is 4.98 Å². The van der Waals surface area contributed by atoms with Crippen molar-refractivity contribution in [3.8, 4) is 0 Å². The lowest BCUT2D eigenvalue weighted by molar-refractivity contribution is 0.630. The molecule has 0 aliphatic heterocycles. The molecule has 0 saturated carbocycles. The van der Waals surface area contributed by atoms with E-state index < -0.39 is 0 Å². The van der Waals surface area contributed by atoms with Crippen LogP contribution in [0, 0.1) is 12.7 Å². The van der Waals surface area contributed by atoms with Gasteiger partial charge in [0, 0.05) is 17.1 Å². The largest absolute Gasteiger partial charge is 0.376 e. The fraction of sp³-hybridized carbons (Fsp3) is 0.250. The van der Waals surface area contributed by atoms with E-state index in [1.807, 2.05) is 52.1 Å². The molecule has 1 aromatic carbocycles.